The summed E-state index contributed by atoms with van der Waals surface area (Å²) < 4.78 is 1.66. The molecule has 0 spiro atoms. The van der Waals surface area contributed by atoms with E-state index in [1.54, 1.807) is 17.8 Å². The third-order valence-electron chi connectivity index (χ3n) is 2.07. The Kier molecular flexibility index (Phi) is 3.24. The molecule has 1 rings (SSSR count). The molecule has 0 aromatic carbocycles. The van der Waals surface area contributed by atoms with Gasteiger partial charge in [-0.3, -0.25) is 9.48 Å². The van der Waals surface area contributed by atoms with Crippen LogP contribution < -0.4 is 11.1 Å². The van der Waals surface area contributed by atoms with Crippen LogP contribution in [0.2, 0.25) is 0 Å². The topological polar surface area (TPSA) is 72.9 Å². The zero-order valence-corrected chi connectivity index (χ0v) is 8.74. The van der Waals surface area contributed by atoms with E-state index in [0.29, 0.717) is 6.54 Å². The van der Waals surface area contributed by atoms with Crippen LogP contribution in [0, 0.1) is 12.8 Å². The highest BCUT2D eigenvalue weighted by atomic mass is 16.1. The summed E-state index contributed by atoms with van der Waals surface area (Å²) in [4.78, 5) is 11.5. The molecule has 5 nitrogen and oxygen atoms in total. The first kappa shape index (κ1) is 10.7. The van der Waals surface area contributed by atoms with Crippen LogP contribution in [0.4, 0.5) is 5.69 Å². The van der Waals surface area contributed by atoms with Crippen molar-refractivity contribution in [1.29, 1.82) is 0 Å². The zero-order valence-electron chi connectivity index (χ0n) is 8.74. The van der Waals surface area contributed by atoms with Crippen LogP contribution in [0.1, 0.15) is 12.6 Å². The summed E-state index contributed by atoms with van der Waals surface area (Å²) in [6.07, 6.45) is 1.77. The van der Waals surface area contributed by atoms with E-state index in [1.807, 2.05) is 14.0 Å². The number of rotatable bonds is 3. The standard InChI is InChI=1S/C9H16N4O/c1-6(4-10)9(14)11-8-5-13(3)12-7(8)2/h5-6H,4,10H2,1-3H3,(H,11,14). The maximum Gasteiger partial charge on any atom is 0.228 e. The Morgan fingerprint density at radius 3 is 2.86 bits per heavy atom. The van der Waals surface area contributed by atoms with Crippen molar-refractivity contribution in [3.8, 4) is 0 Å². The molecule has 1 amide bonds. The van der Waals surface area contributed by atoms with Gasteiger partial charge in [-0.25, -0.2) is 0 Å². The fourth-order valence-corrected chi connectivity index (χ4v) is 1.09. The van der Waals surface area contributed by atoms with Crippen molar-refractivity contribution in [3.63, 3.8) is 0 Å². The molecule has 14 heavy (non-hydrogen) atoms. The summed E-state index contributed by atoms with van der Waals surface area (Å²) in [5.41, 5.74) is 6.95. The second-order valence-corrected chi connectivity index (χ2v) is 3.43. The normalized spacial score (nSPS) is 12.6. The molecule has 0 saturated heterocycles. The number of carbonyl (C=O) groups is 1. The van der Waals surface area contributed by atoms with Gasteiger partial charge in [0, 0.05) is 25.7 Å². The van der Waals surface area contributed by atoms with Gasteiger partial charge in [-0.15, -0.1) is 0 Å². The number of hydrogen-bond acceptors (Lipinski definition) is 3. The van der Waals surface area contributed by atoms with Crippen molar-refractivity contribution in [1.82, 2.24) is 9.78 Å². The van der Waals surface area contributed by atoms with Gasteiger partial charge in [0.2, 0.25) is 5.91 Å². The van der Waals surface area contributed by atoms with Gasteiger partial charge in [-0.1, -0.05) is 6.92 Å². The van der Waals surface area contributed by atoms with Crippen LogP contribution in [-0.2, 0) is 11.8 Å². The number of hydrogen-bond donors (Lipinski definition) is 2. The molecule has 78 valence electrons. The number of aryl methyl sites for hydroxylation is 2. The maximum absolute atomic E-state index is 11.5. The molecule has 0 saturated carbocycles. The Balaban J connectivity index is 2.69. The van der Waals surface area contributed by atoms with E-state index in [-0.39, 0.29) is 11.8 Å². The zero-order chi connectivity index (χ0) is 10.7. The number of nitrogens with two attached hydrogens (primary N) is 1. The van der Waals surface area contributed by atoms with Gasteiger partial charge in [0.05, 0.1) is 11.4 Å². The smallest absolute Gasteiger partial charge is 0.228 e. The van der Waals surface area contributed by atoms with E-state index in [9.17, 15) is 4.79 Å². The molecule has 0 aliphatic heterocycles. The van der Waals surface area contributed by atoms with Gasteiger partial charge >= 0.3 is 0 Å². The highest BCUT2D eigenvalue weighted by Gasteiger charge is 2.13. The van der Waals surface area contributed by atoms with E-state index < -0.39 is 0 Å². The number of aromatic nitrogens is 2. The second-order valence-electron chi connectivity index (χ2n) is 3.43. The first-order valence-electron chi connectivity index (χ1n) is 4.55. The summed E-state index contributed by atoms with van der Waals surface area (Å²) in [6, 6.07) is 0. The quantitative estimate of drug-likeness (QED) is 0.728. The van der Waals surface area contributed by atoms with Crippen LogP contribution >= 0.6 is 0 Å². The SMILES string of the molecule is Cc1nn(C)cc1NC(=O)C(C)CN. The van der Waals surface area contributed by atoms with Crippen LogP contribution in [0.15, 0.2) is 6.20 Å². The molecular weight excluding hydrogens is 180 g/mol. The third-order valence-corrected chi connectivity index (χ3v) is 2.07. The average Bonchev–Trinajstić information content (AvgIpc) is 2.44. The van der Waals surface area contributed by atoms with Crippen molar-refractivity contribution in [2.75, 3.05) is 11.9 Å². The fourth-order valence-electron chi connectivity index (χ4n) is 1.09. The lowest BCUT2D eigenvalue weighted by Gasteiger charge is -2.08. The number of nitrogens with one attached hydrogen (secondary N) is 1. The van der Waals surface area contributed by atoms with Gasteiger partial charge in [0.25, 0.3) is 0 Å². The molecule has 1 unspecified atom stereocenters. The molecule has 5 heteroatoms. The minimum absolute atomic E-state index is 0.0661. The van der Waals surface area contributed by atoms with Crippen molar-refractivity contribution in [2.24, 2.45) is 18.7 Å². The summed E-state index contributed by atoms with van der Waals surface area (Å²) in [5, 5.41) is 6.90. The third kappa shape index (κ3) is 2.32. The fraction of sp³-hybridized carbons (Fsp3) is 0.556. The summed E-state index contributed by atoms with van der Waals surface area (Å²) in [7, 11) is 1.81. The van der Waals surface area contributed by atoms with Gasteiger partial charge in [-0.2, -0.15) is 5.10 Å². The minimum Gasteiger partial charge on any atom is -0.330 e. The lowest BCUT2D eigenvalue weighted by atomic mass is 10.1. The molecule has 0 aliphatic carbocycles. The number of nitrogens with zero attached hydrogens (tertiary/aromatic N) is 2. The van der Waals surface area contributed by atoms with Crippen LogP contribution in [0.25, 0.3) is 0 Å². The van der Waals surface area contributed by atoms with Crippen molar-refractivity contribution >= 4 is 11.6 Å². The first-order valence-corrected chi connectivity index (χ1v) is 4.55. The molecule has 1 heterocycles. The lowest BCUT2D eigenvalue weighted by molar-refractivity contribution is -0.119. The summed E-state index contributed by atoms with van der Waals surface area (Å²) in [6.45, 7) is 3.99. The predicted molar refractivity (Wildman–Crippen MR) is 54.8 cm³/mol. The number of carbonyl (C=O) groups excluding carboxylic acids is 1. The molecule has 0 fully saturated rings. The second kappa shape index (κ2) is 4.23. The van der Waals surface area contributed by atoms with Gasteiger partial charge < -0.3 is 11.1 Å². The van der Waals surface area contributed by atoms with E-state index in [4.69, 9.17) is 5.73 Å². The Morgan fingerprint density at radius 2 is 2.43 bits per heavy atom. The van der Waals surface area contributed by atoms with E-state index in [0.717, 1.165) is 11.4 Å². The molecule has 0 bridgehead atoms. The lowest BCUT2D eigenvalue weighted by Crippen LogP contribution is -2.26. The molecule has 1 aromatic heterocycles. The molecule has 1 aromatic rings. The van der Waals surface area contributed by atoms with E-state index in [1.165, 1.54) is 0 Å². The highest BCUT2D eigenvalue weighted by Crippen LogP contribution is 2.12. The monoisotopic (exact) mass is 196 g/mol. The Labute approximate surface area is 83.3 Å². The summed E-state index contributed by atoms with van der Waals surface area (Å²) in [5.74, 6) is -0.238. The molecule has 0 aliphatic rings. The van der Waals surface area contributed by atoms with Crippen molar-refractivity contribution in [3.05, 3.63) is 11.9 Å². The minimum atomic E-state index is -0.172. The molecule has 1 atom stereocenters. The molecular formula is C9H16N4O. The molecule has 3 N–H and O–H groups in total. The Bertz CT molecular complexity index is 332. The Morgan fingerprint density at radius 1 is 1.79 bits per heavy atom. The van der Waals surface area contributed by atoms with Crippen molar-refractivity contribution < 1.29 is 4.79 Å². The predicted octanol–water partition coefficient (Wildman–Crippen LogP) is 0.262. The van der Waals surface area contributed by atoms with E-state index >= 15 is 0 Å². The molecule has 0 radical (unpaired) electrons. The van der Waals surface area contributed by atoms with Gasteiger partial charge in [0.15, 0.2) is 0 Å². The highest BCUT2D eigenvalue weighted by molar-refractivity contribution is 5.92. The van der Waals surface area contributed by atoms with Crippen molar-refractivity contribution in [2.45, 2.75) is 13.8 Å². The Hall–Kier alpha value is -1.36. The van der Waals surface area contributed by atoms with Gasteiger partial charge in [0.1, 0.15) is 0 Å². The van der Waals surface area contributed by atoms with Crippen LogP contribution in [-0.4, -0.2) is 22.2 Å². The average molecular weight is 196 g/mol. The van der Waals surface area contributed by atoms with Gasteiger partial charge in [-0.05, 0) is 6.92 Å². The summed E-state index contributed by atoms with van der Waals surface area (Å²) >= 11 is 0. The maximum atomic E-state index is 11.5. The van der Waals surface area contributed by atoms with Crippen LogP contribution in [0.3, 0.4) is 0 Å². The number of anilines is 1. The van der Waals surface area contributed by atoms with E-state index in [2.05, 4.69) is 10.4 Å². The largest absolute Gasteiger partial charge is 0.330 e. The van der Waals surface area contributed by atoms with Crippen LogP contribution in [0.5, 0.6) is 0 Å². The number of amides is 1. The first-order chi connectivity index (χ1) is 6.54.